The second-order valence-electron chi connectivity index (χ2n) is 4.73. The van der Waals surface area contributed by atoms with E-state index in [4.69, 9.17) is 15.7 Å². The Morgan fingerprint density at radius 3 is 2.81 bits per heavy atom. The Morgan fingerprint density at radius 1 is 1.43 bits per heavy atom. The molecule has 0 aromatic heterocycles. The highest BCUT2D eigenvalue weighted by molar-refractivity contribution is 5.81. The number of amidine groups is 1. The molecule has 1 aromatic rings. The van der Waals surface area contributed by atoms with Crippen LogP contribution in [0.25, 0.3) is 0 Å². The summed E-state index contributed by atoms with van der Waals surface area (Å²) < 4.78 is 5.56. The minimum Gasteiger partial charge on any atom is -0.493 e. The fourth-order valence-electron chi connectivity index (χ4n) is 1.88. The van der Waals surface area contributed by atoms with Gasteiger partial charge in [-0.3, -0.25) is 4.79 Å². The molecule has 0 unspecified atom stereocenters. The molecule has 21 heavy (non-hydrogen) atoms. The topological polar surface area (TPSA) is 88.1 Å². The summed E-state index contributed by atoms with van der Waals surface area (Å²) in [7, 11) is 0. The van der Waals surface area contributed by atoms with E-state index in [9.17, 15) is 4.79 Å². The number of oxime groups is 1. The maximum Gasteiger partial charge on any atom is 0.226 e. The van der Waals surface area contributed by atoms with E-state index in [2.05, 4.69) is 5.16 Å². The van der Waals surface area contributed by atoms with Crippen LogP contribution in [0.4, 0.5) is 0 Å². The van der Waals surface area contributed by atoms with Crippen LogP contribution in [0, 0.1) is 6.92 Å². The Balaban J connectivity index is 2.37. The van der Waals surface area contributed by atoms with Crippen LogP contribution in [-0.2, 0) is 4.79 Å². The first kappa shape index (κ1) is 16.8. The molecule has 0 saturated heterocycles. The first-order chi connectivity index (χ1) is 10.1. The lowest BCUT2D eigenvalue weighted by molar-refractivity contribution is -0.131. The Morgan fingerprint density at radius 2 is 2.19 bits per heavy atom. The Kier molecular flexibility index (Phi) is 7.08. The number of carbonyl (C=O) groups excluding carboxylic acids is 1. The minimum atomic E-state index is -0.00380. The molecule has 1 aromatic carbocycles. The summed E-state index contributed by atoms with van der Waals surface area (Å²) in [4.78, 5) is 13.7. The molecule has 3 N–H and O–H groups in total. The number of hydrogen-bond acceptors (Lipinski definition) is 4. The van der Waals surface area contributed by atoms with Gasteiger partial charge in [0.25, 0.3) is 0 Å². The van der Waals surface area contributed by atoms with Gasteiger partial charge in [-0.1, -0.05) is 17.3 Å². The first-order valence-corrected chi connectivity index (χ1v) is 7.00. The average Bonchev–Trinajstić information content (AvgIpc) is 2.47. The highest BCUT2D eigenvalue weighted by Gasteiger charge is 2.12. The quantitative estimate of drug-likeness (QED) is 0.331. The summed E-state index contributed by atoms with van der Waals surface area (Å²) in [5.41, 5.74) is 6.52. The van der Waals surface area contributed by atoms with Crippen molar-refractivity contribution in [1.82, 2.24) is 4.90 Å². The van der Waals surface area contributed by atoms with E-state index in [-0.39, 0.29) is 11.7 Å². The molecular formula is C15H23N3O3. The SMILES string of the molecule is CCN(CCC(N)=NO)C(=O)CCOc1cccc(C)c1. The lowest BCUT2D eigenvalue weighted by atomic mass is 10.2. The van der Waals surface area contributed by atoms with Gasteiger partial charge in [-0.25, -0.2) is 0 Å². The highest BCUT2D eigenvalue weighted by Crippen LogP contribution is 2.12. The van der Waals surface area contributed by atoms with Gasteiger partial charge in [-0.2, -0.15) is 0 Å². The number of aryl methyl sites for hydroxylation is 1. The number of nitrogens with zero attached hydrogens (tertiary/aromatic N) is 2. The molecule has 0 atom stereocenters. The van der Waals surface area contributed by atoms with Crippen molar-refractivity contribution in [2.24, 2.45) is 10.9 Å². The maximum atomic E-state index is 12.0. The summed E-state index contributed by atoms with van der Waals surface area (Å²) in [5.74, 6) is 0.885. The zero-order valence-electron chi connectivity index (χ0n) is 12.6. The number of amides is 1. The van der Waals surface area contributed by atoms with Crippen molar-refractivity contribution in [3.8, 4) is 5.75 Å². The van der Waals surface area contributed by atoms with Crippen molar-refractivity contribution >= 4 is 11.7 Å². The van der Waals surface area contributed by atoms with E-state index >= 15 is 0 Å². The molecule has 6 nitrogen and oxygen atoms in total. The molecular weight excluding hydrogens is 270 g/mol. The average molecular weight is 293 g/mol. The van der Waals surface area contributed by atoms with Crippen LogP contribution in [0.15, 0.2) is 29.4 Å². The van der Waals surface area contributed by atoms with Gasteiger partial charge in [0.1, 0.15) is 11.6 Å². The smallest absolute Gasteiger partial charge is 0.226 e. The van der Waals surface area contributed by atoms with Gasteiger partial charge in [0.05, 0.1) is 13.0 Å². The van der Waals surface area contributed by atoms with Crippen LogP contribution < -0.4 is 10.5 Å². The van der Waals surface area contributed by atoms with Crippen molar-refractivity contribution in [2.45, 2.75) is 26.7 Å². The second kappa shape index (κ2) is 8.84. The molecule has 0 spiro atoms. The van der Waals surface area contributed by atoms with Gasteiger partial charge >= 0.3 is 0 Å². The molecule has 1 amide bonds. The molecule has 0 fully saturated rings. The van der Waals surface area contributed by atoms with E-state index in [1.54, 1.807) is 4.90 Å². The van der Waals surface area contributed by atoms with Crippen LogP contribution >= 0.6 is 0 Å². The maximum absolute atomic E-state index is 12.0. The van der Waals surface area contributed by atoms with Crippen molar-refractivity contribution in [3.63, 3.8) is 0 Å². The van der Waals surface area contributed by atoms with Crippen LogP contribution in [0.2, 0.25) is 0 Å². The summed E-state index contributed by atoms with van der Waals surface area (Å²) in [6.45, 7) is 5.25. The third kappa shape index (κ3) is 6.16. The number of hydrogen-bond donors (Lipinski definition) is 2. The zero-order chi connectivity index (χ0) is 15.7. The normalized spacial score (nSPS) is 11.2. The Labute approximate surface area is 125 Å². The van der Waals surface area contributed by atoms with Gasteiger partial charge in [0.15, 0.2) is 0 Å². The summed E-state index contributed by atoms with van der Waals surface area (Å²) in [5, 5.41) is 11.4. The van der Waals surface area contributed by atoms with Crippen molar-refractivity contribution in [1.29, 1.82) is 0 Å². The lowest BCUT2D eigenvalue weighted by Gasteiger charge is -2.20. The van der Waals surface area contributed by atoms with Gasteiger partial charge in [0, 0.05) is 19.5 Å². The third-order valence-corrected chi connectivity index (χ3v) is 3.07. The van der Waals surface area contributed by atoms with E-state index < -0.39 is 0 Å². The number of rotatable bonds is 8. The molecule has 116 valence electrons. The minimum absolute atomic E-state index is 0.00380. The van der Waals surface area contributed by atoms with Crippen molar-refractivity contribution in [3.05, 3.63) is 29.8 Å². The third-order valence-electron chi connectivity index (χ3n) is 3.07. The Hall–Kier alpha value is -2.24. The summed E-state index contributed by atoms with van der Waals surface area (Å²) in [6, 6.07) is 7.71. The van der Waals surface area contributed by atoms with E-state index in [1.165, 1.54) is 0 Å². The monoisotopic (exact) mass is 293 g/mol. The van der Waals surface area contributed by atoms with Crippen LogP contribution in [0.1, 0.15) is 25.3 Å². The van der Waals surface area contributed by atoms with Gasteiger partial charge < -0.3 is 20.6 Å². The number of benzene rings is 1. The first-order valence-electron chi connectivity index (χ1n) is 7.00. The van der Waals surface area contributed by atoms with Crippen LogP contribution in [0.5, 0.6) is 5.75 Å². The molecule has 0 saturated carbocycles. The van der Waals surface area contributed by atoms with E-state index in [0.29, 0.717) is 32.5 Å². The number of carbonyl (C=O) groups is 1. The van der Waals surface area contributed by atoms with Crippen LogP contribution in [0.3, 0.4) is 0 Å². The van der Waals surface area contributed by atoms with Crippen molar-refractivity contribution in [2.75, 3.05) is 19.7 Å². The van der Waals surface area contributed by atoms with Crippen LogP contribution in [-0.4, -0.2) is 41.5 Å². The largest absolute Gasteiger partial charge is 0.493 e. The molecule has 0 bridgehead atoms. The summed E-state index contributed by atoms with van der Waals surface area (Å²) >= 11 is 0. The summed E-state index contributed by atoms with van der Waals surface area (Å²) in [6.07, 6.45) is 0.659. The fourth-order valence-corrected chi connectivity index (χ4v) is 1.88. The molecule has 0 aliphatic rings. The zero-order valence-corrected chi connectivity index (χ0v) is 12.6. The van der Waals surface area contributed by atoms with Crippen molar-refractivity contribution < 1.29 is 14.7 Å². The standard InChI is InChI=1S/C15H23N3O3/c1-3-18(9-7-14(16)17-20)15(19)8-10-21-13-6-4-5-12(2)11-13/h4-6,11,20H,3,7-10H2,1-2H3,(H2,16,17). The van der Waals surface area contributed by atoms with Gasteiger partial charge in [-0.15, -0.1) is 0 Å². The van der Waals surface area contributed by atoms with E-state index in [0.717, 1.165) is 11.3 Å². The Bertz CT molecular complexity index is 489. The predicted molar refractivity (Wildman–Crippen MR) is 81.6 cm³/mol. The molecule has 0 heterocycles. The fraction of sp³-hybridized carbons (Fsp3) is 0.467. The molecule has 0 aliphatic heterocycles. The lowest BCUT2D eigenvalue weighted by Crippen LogP contribution is -2.34. The molecule has 0 aliphatic carbocycles. The molecule has 6 heteroatoms. The number of ether oxygens (including phenoxy) is 1. The highest BCUT2D eigenvalue weighted by atomic mass is 16.5. The van der Waals surface area contributed by atoms with E-state index in [1.807, 2.05) is 38.1 Å². The predicted octanol–water partition coefficient (Wildman–Crippen LogP) is 1.75. The van der Waals surface area contributed by atoms with Gasteiger partial charge in [-0.05, 0) is 31.5 Å². The molecule has 1 rings (SSSR count). The van der Waals surface area contributed by atoms with Gasteiger partial charge in [0.2, 0.25) is 5.91 Å². The molecule has 0 radical (unpaired) electrons. The number of nitrogens with two attached hydrogens (primary N) is 1. The second-order valence-corrected chi connectivity index (χ2v) is 4.73.